The van der Waals surface area contributed by atoms with Crippen LogP contribution in [0, 0.1) is 11.3 Å². The number of carbonyl (C=O) groups is 1. The lowest BCUT2D eigenvalue weighted by molar-refractivity contribution is 0.101. The Morgan fingerprint density at radius 3 is 2.48 bits per heavy atom. The second-order valence-corrected chi connectivity index (χ2v) is 7.88. The predicted octanol–water partition coefficient (Wildman–Crippen LogP) is 4.17. The average Bonchev–Trinajstić information content (AvgIpc) is 2.74. The molecule has 8 heteroatoms. The van der Waals surface area contributed by atoms with Gasteiger partial charge in [-0.2, -0.15) is 5.26 Å². The number of halogens is 1. The van der Waals surface area contributed by atoms with Crippen molar-refractivity contribution in [2.45, 2.75) is 18.7 Å². The van der Waals surface area contributed by atoms with Gasteiger partial charge in [-0.15, -0.1) is 0 Å². The normalized spacial score (nSPS) is 12.9. The van der Waals surface area contributed by atoms with Crippen molar-refractivity contribution < 1.29 is 4.79 Å². The van der Waals surface area contributed by atoms with Crippen LogP contribution in [0.5, 0.6) is 0 Å². The van der Waals surface area contributed by atoms with Crippen LogP contribution < -0.4 is 10.5 Å². The van der Waals surface area contributed by atoms with Crippen LogP contribution in [0.15, 0.2) is 58.5 Å². The lowest BCUT2D eigenvalue weighted by atomic mass is 10.1. The number of benzene rings is 2. The molecule has 3 aromatic rings. The van der Waals surface area contributed by atoms with E-state index in [1.807, 2.05) is 23.1 Å². The number of anilines is 1. The maximum Gasteiger partial charge on any atom is 0.274 e. The van der Waals surface area contributed by atoms with Gasteiger partial charge < -0.3 is 4.90 Å². The average molecular weight is 423 g/mol. The van der Waals surface area contributed by atoms with Gasteiger partial charge in [-0.05, 0) is 43.3 Å². The zero-order chi connectivity index (χ0) is 20.5. The van der Waals surface area contributed by atoms with Crippen LogP contribution in [-0.2, 0) is 6.67 Å². The van der Waals surface area contributed by atoms with Crippen molar-refractivity contribution in [1.82, 2.24) is 9.55 Å². The molecule has 29 heavy (non-hydrogen) atoms. The van der Waals surface area contributed by atoms with Crippen molar-refractivity contribution >= 4 is 34.8 Å². The third-order valence-electron chi connectivity index (χ3n) is 4.66. The van der Waals surface area contributed by atoms with E-state index in [-0.39, 0.29) is 23.6 Å². The van der Waals surface area contributed by atoms with E-state index in [1.165, 1.54) is 23.3 Å². The monoisotopic (exact) mass is 422 g/mol. The molecule has 0 saturated heterocycles. The Labute approximate surface area is 176 Å². The lowest BCUT2D eigenvalue weighted by Crippen LogP contribution is -2.38. The van der Waals surface area contributed by atoms with Gasteiger partial charge in [0.25, 0.3) is 5.56 Å². The highest BCUT2D eigenvalue weighted by Crippen LogP contribution is 2.30. The molecular formula is C21H15ClN4O2S. The Balaban J connectivity index is 1.72. The zero-order valence-electron chi connectivity index (χ0n) is 15.4. The van der Waals surface area contributed by atoms with Gasteiger partial charge >= 0.3 is 0 Å². The highest BCUT2D eigenvalue weighted by atomic mass is 35.5. The summed E-state index contributed by atoms with van der Waals surface area (Å²) in [6.07, 6.45) is 0. The van der Waals surface area contributed by atoms with Gasteiger partial charge in [-0.25, -0.2) is 4.98 Å². The van der Waals surface area contributed by atoms with Crippen molar-refractivity contribution in [2.75, 3.05) is 10.8 Å². The van der Waals surface area contributed by atoms with Gasteiger partial charge in [0.2, 0.25) is 0 Å². The molecule has 0 radical (unpaired) electrons. The summed E-state index contributed by atoms with van der Waals surface area (Å²) in [5.74, 6) is 0.599. The summed E-state index contributed by atoms with van der Waals surface area (Å²) in [5, 5.41) is 10.7. The summed E-state index contributed by atoms with van der Waals surface area (Å²) in [4.78, 5) is 31.1. The van der Waals surface area contributed by atoms with Gasteiger partial charge in [0, 0.05) is 21.8 Å². The molecule has 2 aromatic carbocycles. The van der Waals surface area contributed by atoms with Crippen LogP contribution >= 0.6 is 23.4 Å². The van der Waals surface area contributed by atoms with Crippen molar-refractivity contribution in [3.63, 3.8) is 0 Å². The number of nitriles is 1. The first kappa shape index (κ1) is 19.2. The number of hydrogen-bond donors (Lipinski definition) is 0. The Bertz CT molecular complexity index is 1200. The van der Waals surface area contributed by atoms with Crippen molar-refractivity contribution in [3.8, 4) is 17.3 Å². The van der Waals surface area contributed by atoms with Crippen LogP contribution in [0.1, 0.15) is 22.8 Å². The molecule has 0 amide bonds. The summed E-state index contributed by atoms with van der Waals surface area (Å²) >= 11 is 7.36. The van der Waals surface area contributed by atoms with E-state index in [1.54, 1.807) is 36.4 Å². The number of aromatic nitrogens is 2. The second kappa shape index (κ2) is 7.74. The molecule has 1 aliphatic rings. The summed E-state index contributed by atoms with van der Waals surface area (Å²) < 4.78 is 1.50. The van der Waals surface area contributed by atoms with Gasteiger partial charge in [0.1, 0.15) is 18.3 Å². The first-order chi connectivity index (χ1) is 14.0. The van der Waals surface area contributed by atoms with Crippen LogP contribution in [0.2, 0.25) is 5.02 Å². The van der Waals surface area contributed by atoms with Crippen LogP contribution in [0.4, 0.5) is 5.69 Å². The van der Waals surface area contributed by atoms with Crippen molar-refractivity contribution in [1.29, 1.82) is 5.26 Å². The lowest BCUT2D eigenvalue weighted by Gasteiger charge is -2.31. The van der Waals surface area contributed by atoms with Crippen molar-refractivity contribution in [2.24, 2.45) is 0 Å². The molecular weight excluding hydrogens is 408 g/mol. The molecule has 1 aliphatic heterocycles. The molecule has 0 spiro atoms. The number of rotatable bonds is 3. The molecule has 0 fully saturated rings. The topological polar surface area (TPSA) is 79.0 Å². The minimum Gasteiger partial charge on any atom is -0.343 e. The Morgan fingerprint density at radius 1 is 1.17 bits per heavy atom. The van der Waals surface area contributed by atoms with Crippen molar-refractivity contribution in [3.05, 3.63) is 75.0 Å². The highest BCUT2D eigenvalue weighted by Gasteiger charge is 2.24. The largest absolute Gasteiger partial charge is 0.343 e. The number of Topliss-reactive ketones (excluding diaryl/α,β-unsaturated/α-hetero) is 1. The number of ketones is 1. The number of hydrogen-bond acceptors (Lipinski definition) is 6. The number of carbonyl (C=O) groups excluding carboxylic acids is 1. The molecule has 0 atom stereocenters. The highest BCUT2D eigenvalue weighted by molar-refractivity contribution is 7.99. The fraction of sp³-hybridized carbons (Fsp3) is 0.143. The Morgan fingerprint density at radius 2 is 1.86 bits per heavy atom. The van der Waals surface area contributed by atoms with E-state index in [0.717, 1.165) is 5.69 Å². The van der Waals surface area contributed by atoms with Crippen LogP contribution in [0.3, 0.4) is 0 Å². The zero-order valence-corrected chi connectivity index (χ0v) is 17.0. The Kier molecular flexibility index (Phi) is 5.14. The summed E-state index contributed by atoms with van der Waals surface area (Å²) in [5.41, 5.74) is 2.20. The number of fused-ring (bicyclic) bond motifs is 1. The van der Waals surface area contributed by atoms with Gasteiger partial charge in [0.05, 0.1) is 11.6 Å². The maximum absolute atomic E-state index is 13.0. The molecule has 0 aliphatic carbocycles. The molecule has 144 valence electrons. The first-order valence-electron chi connectivity index (χ1n) is 8.77. The summed E-state index contributed by atoms with van der Waals surface area (Å²) in [6.45, 7) is 1.80. The molecule has 2 heterocycles. The smallest absolute Gasteiger partial charge is 0.274 e. The predicted molar refractivity (Wildman–Crippen MR) is 113 cm³/mol. The fourth-order valence-electron chi connectivity index (χ4n) is 3.10. The standard InChI is InChI=1S/C21H15ClN4O2S/c1-13(27)14-4-8-17(9-5-14)25-11-26-20(28)18(10-23)19(24-21(26)29-12-25)15-2-6-16(22)7-3-15/h2-9H,11-12H2,1H3. The third-order valence-corrected chi connectivity index (χ3v) is 5.93. The van der Waals surface area contributed by atoms with E-state index in [9.17, 15) is 14.9 Å². The molecule has 0 unspecified atom stereocenters. The number of thioether (sulfide) groups is 1. The minimum atomic E-state index is -0.375. The minimum absolute atomic E-state index is 0.00345. The number of nitrogens with zero attached hydrogens (tertiary/aromatic N) is 4. The van der Waals surface area contributed by atoms with Gasteiger partial charge in [-0.1, -0.05) is 35.5 Å². The van der Waals surface area contributed by atoms with Crippen LogP contribution in [-0.4, -0.2) is 21.2 Å². The molecule has 0 saturated carbocycles. The van der Waals surface area contributed by atoms with E-state index in [0.29, 0.717) is 32.9 Å². The summed E-state index contributed by atoms with van der Waals surface area (Å²) in [7, 11) is 0. The molecule has 4 rings (SSSR count). The second-order valence-electron chi connectivity index (χ2n) is 6.53. The molecule has 0 bridgehead atoms. The SMILES string of the molecule is CC(=O)c1ccc(N2CSc3nc(-c4ccc(Cl)cc4)c(C#N)c(=O)n3C2)cc1. The summed E-state index contributed by atoms with van der Waals surface area (Å²) in [6, 6.07) is 16.2. The van der Waals surface area contributed by atoms with E-state index in [2.05, 4.69) is 4.98 Å². The van der Waals surface area contributed by atoms with E-state index < -0.39 is 0 Å². The molecule has 0 N–H and O–H groups in total. The third kappa shape index (κ3) is 3.65. The van der Waals surface area contributed by atoms with E-state index in [4.69, 9.17) is 11.6 Å². The maximum atomic E-state index is 13.0. The van der Waals surface area contributed by atoms with E-state index >= 15 is 0 Å². The van der Waals surface area contributed by atoms with Gasteiger partial charge in [0.15, 0.2) is 10.9 Å². The molecule has 1 aromatic heterocycles. The molecule has 6 nitrogen and oxygen atoms in total. The Hall–Kier alpha value is -3.08. The van der Waals surface area contributed by atoms with Gasteiger partial charge in [-0.3, -0.25) is 14.2 Å². The first-order valence-corrected chi connectivity index (χ1v) is 10.1. The fourth-order valence-corrected chi connectivity index (χ4v) is 4.18. The van der Waals surface area contributed by atoms with Crippen LogP contribution in [0.25, 0.3) is 11.3 Å². The quantitative estimate of drug-likeness (QED) is 0.465.